The van der Waals surface area contributed by atoms with Crippen LogP contribution in [0.3, 0.4) is 0 Å². The van der Waals surface area contributed by atoms with Crippen LogP contribution < -0.4 is 5.32 Å². The molecular formula is C14H21N3O3. The first-order valence-corrected chi connectivity index (χ1v) is 7.44. The molecule has 0 unspecified atom stereocenters. The van der Waals surface area contributed by atoms with E-state index in [1.807, 2.05) is 0 Å². The van der Waals surface area contributed by atoms with E-state index in [1.54, 1.807) is 6.07 Å². The second kappa shape index (κ2) is 5.93. The molecule has 110 valence electrons. The van der Waals surface area contributed by atoms with Crippen LogP contribution in [0.4, 0.5) is 5.88 Å². The topological polar surface area (TPSA) is 71.6 Å². The Labute approximate surface area is 118 Å². The zero-order valence-corrected chi connectivity index (χ0v) is 11.6. The van der Waals surface area contributed by atoms with E-state index >= 15 is 0 Å². The van der Waals surface area contributed by atoms with Crippen LogP contribution in [0.25, 0.3) is 0 Å². The van der Waals surface area contributed by atoms with Crippen LogP contribution in [0, 0.1) is 16.0 Å². The van der Waals surface area contributed by atoms with Crippen LogP contribution in [-0.2, 0) is 0 Å². The predicted octanol–water partition coefficient (Wildman–Crippen LogP) is 2.32. The standard InChI is InChI=1S/C14H21N3O3/c18-17(19)13-6-5-12(20-13)14(11-3-1-2-4-11)16-9-7-15-8-10-16/h5-6,11,14-15H,1-4,7-10H2/t14-/m1/s1. The van der Waals surface area contributed by atoms with Gasteiger partial charge < -0.3 is 9.73 Å². The van der Waals surface area contributed by atoms with Gasteiger partial charge in [0.25, 0.3) is 0 Å². The SMILES string of the molecule is O=[N+]([O-])c1ccc([C@@H](C2CCCC2)N2CCNCC2)o1. The van der Waals surface area contributed by atoms with Crippen molar-refractivity contribution in [1.82, 2.24) is 10.2 Å². The molecule has 1 aliphatic heterocycles. The Morgan fingerprint density at radius 2 is 2.00 bits per heavy atom. The lowest BCUT2D eigenvalue weighted by atomic mass is 9.94. The molecule has 1 N–H and O–H groups in total. The highest BCUT2D eigenvalue weighted by atomic mass is 16.6. The fourth-order valence-corrected chi connectivity index (χ4v) is 3.54. The van der Waals surface area contributed by atoms with Crippen molar-refractivity contribution in [1.29, 1.82) is 0 Å². The number of hydrogen-bond acceptors (Lipinski definition) is 5. The Balaban J connectivity index is 1.84. The monoisotopic (exact) mass is 279 g/mol. The van der Waals surface area contributed by atoms with E-state index in [0.717, 1.165) is 31.9 Å². The van der Waals surface area contributed by atoms with Crippen molar-refractivity contribution in [3.05, 3.63) is 28.0 Å². The molecule has 6 heteroatoms. The molecule has 2 aliphatic rings. The summed E-state index contributed by atoms with van der Waals surface area (Å²) in [6, 6.07) is 3.48. The van der Waals surface area contributed by atoms with Crippen LogP contribution in [0.5, 0.6) is 0 Å². The van der Waals surface area contributed by atoms with Gasteiger partial charge in [0, 0.05) is 26.2 Å². The van der Waals surface area contributed by atoms with Crippen molar-refractivity contribution >= 4 is 5.88 Å². The molecule has 0 amide bonds. The number of hydrogen-bond donors (Lipinski definition) is 1. The zero-order chi connectivity index (χ0) is 13.9. The highest BCUT2D eigenvalue weighted by Crippen LogP contribution is 2.40. The van der Waals surface area contributed by atoms with E-state index in [9.17, 15) is 10.1 Å². The molecule has 0 bridgehead atoms. The zero-order valence-electron chi connectivity index (χ0n) is 11.6. The molecule has 1 aromatic heterocycles. The molecule has 6 nitrogen and oxygen atoms in total. The third-order valence-electron chi connectivity index (χ3n) is 4.48. The van der Waals surface area contributed by atoms with E-state index in [2.05, 4.69) is 10.2 Å². The number of nitrogens with one attached hydrogen (secondary N) is 1. The fraction of sp³-hybridized carbons (Fsp3) is 0.714. The summed E-state index contributed by atoms with van der Waals surface area (Å²) < 4.78 is 5.51. The van der Waals surface area contributed by atoms with Gasteiger partial charge in [0.05, 0.1) is 12.1 Å². The summed E-state index contributed by atoms with van der Waals surface area (Å²) in [6.45, 7) is 3.92. The Morgan fingerprint density at radius 1 is 1.30 bits per heavy atom. The second-order valence-electron chi connectivity index (χ2n) is 5.71. The van der Waals surface area contributed by atoms with Gasteiger partial charge in [-0.25, -0.2) is 0 Å². The lowest BCUT2D eigenvalue weighted by Crippen LogP contribution is -2.46. The summed E-state index contributed by atoms with van der Waals surface area (Å²) >= 11 is 0. The summed E-state index contributed by atoms with van der Waals surface area (Å²) in [4.78, 5) is 12.8. The summed E-state index contributed by atoms with van der Waals surface area (Å²) in [5, 5.41) is 14.2. The van der Waals surface area contributed by atoms with Crippen molar-refractivity contribution in [2.45, 2.75) is 31.7 Å². The smallest absolute Gasteiger partial charge is 0.404 e. The molecule has 1 saturated carbocycles. The summed E-state index contributed by atoms with van der Waals surface area (Å²) in [5.74, 6) is 1.20. The van der Waals surface area contributed by atoms with E-state index in [0.29, 0.717) is 5.92 Å². The number of nitro groups is 1. The Morgan fingerprint density at radius 3 is 2.60 bits per heavy atom. The van der Waals surface area contributed by atoms with Gasteiger partial charge in [-0.1, -0.05) is 12.8 Å². The maximum absolute atomic E-state index is 10.8. The van der Waals surface area contributed by atoms with E-state index in [-0.39, 0.29) is 11.9 Å². The largest absolute Gasteiger partial charge is 0.433 e. The second-order valence-corrected chi connectivity index (χ2v) is 5.71. The van der Waals surface area contributed by atoms with Gasteiger partial charge in [-0.15, -0.1) is 0 Å². The molecule has 3 rings (SSSR count). The molecule has 0 spiro atoms. The fourth-order valence-electron chi connectivity index (χ4n) is 3.54. The van der Waals surface area contributed by atoms with Crippen molar-refractivity contribution in [3.8, 4) is 0 Å². The molecular weight excluding hydrogens is 258 g/mol. The lowest BCUT2D eigenvalue weighted by molar-refractivity contribution is -0.402. The summed E-state index contributed by atoms with van der Waals surface area (Å²) in [5.41, 5.74) is 0. The van der Waals surface area contributed by atoms with Crippen LogP contribution in [0.2, 0.25) is 0 Å². The molecule has 1 saturated heterocycles. The first-order valence-electron chi connectivity index (χ1n) is 7.44. The molecule has 1 atom stereocenters. The minimum atomic E-state index is -0.451. The number of piperazine rings is 1. The van der Waals surface area contributed by atoms with Gasteiger partial charge in [0.15, 0.2) is 0 Å². The molecule has 0 radical (unpaired) electrons. The van der Waals surface area contributed by atoms with Crippen LogP contribution in [0.15, 0.2) is 16.5 Å². The molecule has 2 heterocycles. The van der Waals surface area contributed by atoms with Gasteiger partial charge in [0.1, 0.15) is 10.7 Å². The Bertz CT molecular complexity index is 462. The van der Waals surface area contributed by atoms with Crippen molar-refractivity contribution in [2.24, 2.45) is 5.92 Å². The van der Waals surface area contributed by atoms with Crippen LogP contribution in [-0.4, -0.2) is 36.0 Å². The van der Waals surface area contributed by atoms with Gasteiger partial charge in [-0.05, 0) is 24.8 Å². The van der Waals surface area contributed by atoms with Crippen LogP contribution in [0.1, 0.15) is 37.5 Å². The summed E-state index contributed by atoms with van der Waals surface area (Å²) in [6.07, 6.45) is 4.91. The third kappa shape index (κ3) is 2.71. The maximum Gasteiger partial charge on any atom is 0.433 e. The molecule has 1 aromatic rings. The normalized spacial score (nSPS) is 23.0. The average Bonchev–Trinajstić information content (AvgIpc) is 3.12. The molecule has 0 aromatic carbocycles. The van der Waals surface area contributed by atoms with Crippen molar-refractivity contribution in [2.75, 3.05) is 26.2 Å². The predicted molar refractivity (Wildman–Crippen MR) is 74.5 cm³/mol. The minimum absolute atomic E-state index is 0.141. The van der Waals surface area contributed by atoms with Crippen molar-refractivity contribution < 1.29 is 9.34 Å². The number of nitrogens with zero attached hydrogens (tertiary/aromatic N) is 2. The quantitative estimate of drug-likeness (QED) is 0.676. The minimum Gasteiger partial charge on any atom is -0.404 e. The number of furan rings is 1. The Hall–Kier alpha value is -1.40. The summed E-state index contributed by atoms with van der Waals surface area (Å²) in [7, 11) is 0. The Kier molecular flexibility index (Phi) is 4.03. The first-order chi connectivity index (χ1) is 9.75. The van der Waals surface area contributed by atoms with E-state index in [4.69, 9.17) is 4.42 Å². The lowest BCUT2D eigenvalue weighted by Gasteiger charge is -2.37. The van der Waals surface area contributed by atoms with E-state index in [1.165, 1.54) is 31.7 Å². The van der Waals surface area contributed by atoms with Gasteiger partial charge in [-0.3, -0.25) is 15.0 Å². The maximum atomic E-state index is 10.8. The van der Waals surface area contributed by atoms with Gasteiger partial charge in [-0.2, -0.15) is 0 Å². The van der Waals surface area contributed by atoms with Gasteiger partial charge in [0.2, 0.25) is 0 Å². The highest BCUT2D eigenvalue weighted by Gasteiger charge is 2.34. The highest BCUT2D eigenvalue weighted by molar-refractivity contribution is 5.21. The average molecular weight is 279 g/mol. The molecule has 2 fully saturated rings. The van der Waals surface area contributed by atoms with Crippen LogP contribution >= 0.6 is 0 Å². The number of rotatable bonds is 4. The van der Waals surface area contributed by atoms with Crippen molar-refractivity contribution in [3.63, 3.8) is 0 Å². The molecule has 20 heavy (non-hydrogen) atoms. The van der Waals surface area contributed by atoms with Gasteiger partial charge >= 0.3 is 5.88 Å². The third-order valence-corrected chi connectivity index (χ3v) is 4.48. The molecule has 1 aliphatic carbocycles. The first kappa shape index (κ1) is 13.6. The van der Waals surface area contributed by atoms with E-state index < -0.39 is 4.92 Å².